The summed E-state index contributed by atoms with van der Waals surface area (Å²) in [7, 11) is 0. The van der Waals surface area contributed by atoms with Crippen LogP contribution in [0.2, 0.25) is 0 Å². The van der Waals surface area contributed by atoms with E-state index in [9.17, 15) is 4.79 Å². The molecule has 0 rings (SSSR count). The van der Waals surface area contributed by atoms with E-state index in [4.69, 9.17) is 0 Å². The molecule has 0 aromatic rings. The van der Waals surface area contributed by atoms with Gasteiger partial charge in [0.2, 0.25) is 0 Å². The second-order valence-corrected chi connectivity index (χ2v) is 6.09. The molecule has 0 saturated carbocycles. The summed E-state index contributed by atoms with van der Waals surface area (Å²) in [5.41, 5.74) is 1.03. The number of hydrogen-bond acceptors (Lipinski definition) is 1. The summed E-state index contributed by atoms with van der Waals surface area (Å²) in [5, 5.41) is 0. The molecule has 0 aliphatic heterocycles. The summed E-state index contributed by atoms with van der Waals surface area (Å²) in [6.07, 6.45) is 32.2. The molecular weight excluding hydrogens is 292 g/mol. The van der Waals surface area contributed by atoms with Crippen LogP contribution >= 0.6 is 0 Å². The van der Waals surface area contributed by atoms with E-state index in [1.165, 1.54) is 38.5 Å². The number of carbonyl (C=O) groups is 1. The van der Waals surface area contributed by atoms with Gasteiger partial charge in [-0.2, -0.15) is 0 Å². The van der Waals surface area contributed by atoms with Crippen LogP contribution in [0.3, 0.4) is 0 Å². The minimum Gasteiger partial charge on any atom is -0.299 e. The van der Waals surface area contributed by atoms with E-state index >= 15 is 0 Å². The van der Waals surface area contributed by atoms with Crippen LogP contribution in [0.15, 0.2) is 60.3 Å². The van der Waals surface area contributed by atoms with Crippen molar-refractivity contribution in [2.45, 2.75) is 78.1 Å². The summed E-state index contributed by atoms with van der Waals surface area (Å²) >= 11 is 0. The molecule has 1 nitrogen and oxygen atoms in total. The predicted molar refractivity (Wildman–Crippen MR) is 108 cm³/mol. The zero-order valence-corrected chi connectivity index (χ0v) is 15.8. The van der Waals surface area contributed by atoms with Gasteiger partial charge in [-0.1, -0.05) is 74.8 Å². The average molecular weight is 329 g/mol. The van der Waals surface area contributed by atoms with Gasteiger partial charge in [0, 0.05) is 0 Å². The fourth-order valence-electron chi connectivity index (χ4n) is 2.31. The summed E-state index contributed by atoms with van der Waals surface area (Å²) in [6, 6.07) is 0. The van der Waals surface area contributed by atoms with Crippen LogP contribution in [-0.2, 0) is 4.79 Å². The lowest BCUT2D eigenvalue weighted by Crippen LogP contribution is -1.78. The van der Waals surface area contributed by atoms with Crippen molar-refractivity contribution in [3.63, 3.8) is 0 Å². The molecule has 0 fully saturated rings. The Labute approximate surface area is 149 Å². The van der Waals surface area contributed by atoms with Crippen molar-refractivity contribution < 1.29 is 4.79 Å². The van der Waals surface area contributed by atoms with Crippen molar-refractivity contribution in [3.8, 4) is 0 Å². The van der Waals surface area contributed by atoms with E-state index in [0.29, 0.717) is 0 Å². The van der Waals surface area contributed by atoms with Crippen LogP contribution < -0.4 is 0 Å². The second kappa shape index (κ2) is 19.4. The molecular formula is C23H36O. The first-order valence-electron chi connectivity index (χ1n) is 9.54. The van der Waals surface area contributed by atoms with Crippen molar-refractivity contribution in [2.75, 3.05) is 0 Å². The van der Waals surface area contributed by atoms with Crippen LogP contribution in [-0.4, -0.2) is 6.29 Å². The molecule has 0 heterocycles. The van der Waals surface area contributed by atoms with Gasteiger partial charge in [-0.15, -0.1) is 0 Å². The van der Waals surface area contributed by atoms with Gasteiger partial charge in [-0.3, -0.25) is 4.79 Å². The Balaban J connectivity index is 3.36. The summed E-state index contributed by atoms with van der Waals surface area (Å²) in [5.74, 6) is 0. The van der Waals surface area contributed by atoms with E-state index in [0.717, 1.165) is 37.5 Å². The third kappa shape index (κ3) is 18.4. The SMILES string of the molecule is CC/C=C\C/C=C\C/C=C\CCCCCCC/C=C/C(C)=CC=O. The van der Waals surface area contributed by atoms with Gasteiger partial charge in [0.1, 0.15) is 6.29 Å². The Morgan fingerprint density at radius 2 is 1.25 bits per heavy atom. The number of rotatable bonds is 15. The first-order chi connectivity index (χ1) is 11.8. The summed E-state index contributed by atoms with van der Waals surface area (Å²) in [6.45, 7) is 4.12. The highest BCUT2D eigenvalue weighted by Crippen LogP contribution is 2.08. The topological polar surface area (TPSA) is 17.1 Å². The van der Waals surface area contributed by atoms with Crippen molar-refractivity contribution >= 4 is 6.29 Å². The highest BCUT2D eigenvalue weighted by atomic mass is 16.1. The molecule has 1 heteroatoms. The lowest BCUT2D eigenvalue weighted by molar-refractivity contribution is -0.104. The van der Waals surface area contributed by atoms with Crippen LogP contribution in [0.25, 0.3) is 0 Å². The molecule has 0 saturated heterocycles. The first-order valence-corrected chi connectivity index (χ1v) is 9.54. The molecule has 24 heavy (non-hydrogen) atoms. The van der Waals surface area contributed by atoms with Crippen LogP contribution in [0.4, 0.5) is 0 Å². The minimum atomic E-state index is 0.843. The van der Waals surface area contributed by atoms with E-state index in [2.05, 4.69) is 49.5 Å². The van der Waals surface area contributed by atoms with E-state index in [-0.39, 0.29) is 0 Å². The molecule has 0 radical (unpaired) electrons. The molecule has 0 bridgehead atoms. The highest BCUT2D eigenvalue weighted by Gasteiger charge is 1.89. The largest absolute Gasteiger partial charge is 0.299 e. The van der Waals surface area contributed by atoms with Crippen molar-refractivity contribution in [3.05, 3.63) is 60.3 Å². The number of allylic oxidation sites excluding steroid dienone is 10. The van der Waals surface area contributed by atoms with Gasteiger partial charge in [0.25, 0.3) is 0 Å². The Morgan fingerprint density at radius 3 is 1.88 bits per heavy atom. The van der Waals surface area contributed by atoms with Gasteiger partial charge in [0.15, 0.2) is 0 Å². The third-order valence-corrected chi connectivity index (χ3v) is 3.73. The van der Waals surface area contributed by atoms with Gasteiger partial charge in [-0.05, 0) is 63.5 Å². The number of carbonyl (C=O) groups excluding carboxylic acids is 1. The quantitative estimate of drug-likeness (QED) is 0.101. The van der Waals surface area contributed by atoms with Crippen LogP contribution in [0.5, 0.6) is 0 Å². The van der Waals surface area contributed by atoms with Crippen molar-refractivity contribution in [1.29, 1.82) is 0 Å². The fraction of sp³-hybridized carbons (Fsp3) is 0.522. The average Bonchev–Trinajstić information content (AvgIpc) is 2.58. The minimum absolute atomic E-state index is 0.843. The zero-order chi connectivity index (χ0) is 17.7. The standard InChI is InChI=1S/C23H36O/c1-3-4-5-6-7-8-9-10-11-12-13-14-15-16-17-18-19-20-23(2)21-22-24/h4-5,7-8,10-11,19-22H,3,6,9,12-18H2,1-2H3/b5-4-,8-7-,11-10-,20-19+,23-21?. The normalized spacial score (nSPS) is 13.2. The van der Waals surface area contributed by atoms with Crippen molar-refractivity contribution in [1.82, 2.24) is 0 Å². The maximum Gasteiger partial charge on any atom is 0.143 e. The Hall–Kier alpha value is -1.63. The summed E-state index contributed by atoms with van der Waals surface area (Å²) in [4.78, 5) is 10.3. The Morgan fingerprint density at radius 1 is 0.708 bits per heavy atom. The van der Waals surface area contributed by atoms with Gasteiger partial charge >= 0.3 is 0 Å². The van der Waals surface area contributed by atoms with Crippen LogP contribution in [0.1, 0.15) is 78.1 Å². The highest BCUT2D eigenvalue weighted by molar-refractivity contribution is 5.66. The molecule has 0 aliphatic rings. The molecule has 0 amide bonds. The molecule has 0 spiro atoms. The fourth-order valence-corrected chi connectivity index (χ4v) is 2.31. The maximum atomic E-state index is 10.3. The lowest BCUT2D eigenvalue weighted by Gasteiger charge is -1.98. The maximum absolute atomic E-state index is 10.3. The summed E-state index contributed by atoms with van der Waals surface area (Å²) < 4.78 is 0. The van der Waals surface area contributed by atoms with Crippen LogP contribution in [0, 0.1) is 0 Å². The lowest BCUT2D eigenvalue weighted by atomic mass is 10.1. The number of unbranched alkanes of at least 4 members (excludes halogenated alkanes) is 6. The van der Waals surface area contributed by atoms with E-state index in [1.54, 1.807) is 6.08 Å². The molecule has 0 N–H and O–H groups in total. The van der Waals surface area contributed by atoms with E-state index < -0.39 is 0 Å². The molecule has 0 aromatic heterocycles. The molecule has 0 aromatic carbocycles. The second-order valence-electron chi connectivity index (χ2n) is 6.09. The van der Waals surface area contributed by atoms with Crippen molar-refractivity contribution in [2.24, 2.45) is 0 Å². The predicted octanol–water partition coefficient (Wildman–Crippen LogP) is 7.28. The van der Waals surface area contributed by atoms with Gasteiger partial charge < -0.3 is 0 Å². The Bertz CT molecular complexity index is 421. The first kappa shape index (κ1) is 22.4. The Kier molecular flexibility index (Phi) is 18.1. The number of aldehydes is 1. The molecule has 0 atom stereocenters. The van der Waals surface area contributed by atoms with Gasteiger partial charge in [-0.25, -0.2) is 0 Å². The molecule has 134 valence electrons. The number of hydrogen-bond donors (Lipinski definition) is 0. The van der Waals surface area contributed by atoms with E-state index in [1.807, 2.05) is 13.0 Å². The molecule has 0 aliphatic carbocycles. The third-order valence-electron chi connectivity index (χ3n) is 3.73. The van der Waals surface area contributed by atoms with Gasteiger partial charge in [0.05, 0.1) is 0 Å². The smallest absolute Gasteiger partial charge is 0.143 e. The monoisotopic (exact) mass is 328 g/mol. The molecule has 0 unspecified atom stereocenters. The zero-order valence-electron chi connectivity index (χ0n) is 15.8.